The highest BCUT2D eigenvalue weighted by molar-refractivity contribution is 7.87. The van der Waals surface area contributed by atoms with Gasteiger partial charge in [-0.25, -0.2) is 4.98 Å². The number of rotatable bonds is 9. The monoisotopic (exact) mass is 488 g/mol. The first-order valence-corrected chi connectivity index (χ1v) is 13.3. The molecule has 0 spiro atoms. The van der Waals surface area contributed by atoms with Gasteiger partial charge in [0.25, 0.3) is 5.91 Å². The van der Waals surface area contributed by atoms with Crippen molar-refractivity contribution in [2.24, 2.45) is 0 Å². The van der Waals surface area contributed by atoms with Crippen LogP contribution in [0.3, 0.4) is 0 Å². The summed E-state index contributed by atoms with van der Waals surface area (Å²) in [5.41, 5.74) is 2.66. The van der Waals surface area contributed by atoms with Gasteiger partial charge in [0.1, 0.15) is 5.69 Å². The zero-order valence-corrected chi connectivity index (χ0v) is 20.6. The van der Waals surface area contributed by atoms with Crippen molar-refractivity contribution in [2.45, 2.75) is 32.7 Å². The van der Waals surface area contributed by atoms with Crippen LogP contribution in [0.15, 0.2) is 84.9 Å². The summed E-state index contributed by atoms with van der Waals surface area (Å²) in [6, 6.07) is 25.8. The predicted octanol–water partition coefficient (Wildman–Crippen LogP) is 5.90. The van der Waals surface area contributed by atoms with Crippen molar-refractivity contribution in [1.29, 1.82) is 0 Å². The fourth-order valence-electron chi connectivity index (χ4n) is 4.05. The van der Waals surface area contributed by atoms with Gasteiger partial charge in [0.15, 0.2) is 5.75 Å². The third-order valence-electron chi connectivity index (χ3n) is 5.70. The summed E-state index contributed by atoms with van der Waals surface area (Å²) in [5.74, 6) is -0.640. The molecule has 1 unspecified atom stereocenters. The van der Waals surface area contributed by atoms with Crippen molar-refractivity contribution in [3.05, 3.63) is 96.1 Å². The molecule has 1 heterocycles. The minimum Gasteiger partial charge on any atom is -0.379 e. The molecule has 0 aliphatic carbocycles. The normalized spacial score (nSPS) is 12.3. The third-order valence-corrected chi connectivity index (χ3v) is 7.03. The molecule has 1 atom stereocenters. The first-order chi connectivity index (χ1) is 16.9. The molecule has 7 heteroatoms. The Labute approximate surface area is 206 Å². The van der Waals surface area contributed by atoms with Gasteiger partial charge in [-0.05, 0) is 24.5 Å². The van der Waals surface area contributed by atoms with E-state index in [0.717, 1.165) is 5.56 Å². The van der Waals surface area contributed by atoms with Crippen molar-refractivity contribution >= 4 is 26.9 Å². The van der Waals surface area contributed by atoms with Gasteiger partial charge in [0.05, 0.1) is 22.9 Å². The van der Waals surface area contributed by atoms with Crippen LogP contribution in [0.5, 0.6) is 5.75 Å². The lowest BCUT2D eigenvalue weighted by Crippen LogP contribution is -2.29. The SMILES string of the molecule is CCCS(=O)(=O)Oc1c(-c2ccccc2)nc2ccccc2c1C(=O)NC(CC)c1ccccc1. The number of aromatic nitrogens is 1. The molecule has 4 aromatic rings. The molecule has 0 fully saturated rings. The van der Waals surface area contributed by atoms with Gasteiger partial charge in [0, 0.05) is 10.9 Å². The van der Waals surface area contributed by atoms with Crippen LogP contribution in [0, 0.1) is 0 Å². The van der Waals surface area contributed by atoms with Gasteiger partial charge in [-0.3, -0.25) is 4.79 Å². The maximum Gasteiger partial charge on any atom is 0.309 e. The highest BCUT2D eigenvalue weighted by atomic mass is 32.2. The lowest BCUT2D eigenvalue weighted by atomic mass is 10.00. The number of para-hydroxylation sites is 1. The summed E-state index contributed by atoms with van der Waals surface area (Å²) >= 11 is 0. The molecule has 0 saturated heterocycles. The van der Waals surface area contributed by atoms with Crippen LogP contribution < -0.4 is 9.50 Å². The minimum absolute atomic E-state index is 0.0521. The number of carbonyl (C=O) groups excluding carboxylic acids is 1. The Kier molecular flexibility index (Phi) is 7.46. The molecule has 35 heavy (non-hydrogen) atoms. The number of hydrogen-bond acceptors (Lipinski definition) is 5. The standard InChI is InChI=1S/C28H28N2O4S/c1-3-19-35(32,33)34-27-25(28(31)30-23(4-2)20-13-7-5-8-14-20)22-17-11-12-18-24(22)29-26(27)21-15-9-6-10-16-21/h5-18,23H,3-4,19H2,1-2H3,(H,30,31). The second-order valence-corrected chi connectivity index (χ2v) is 9.93. The number of fused-ring (bicyclic) bond motifs is 1. The molecule has 0 bridgehead atoms. The van der Waals surface area contributed by atoms with Crippen LogP contribution in [-0.4, -0.2) is 25.1 Å². The molecule has 0 saturated carbocycles. The number of hydrogen-bond donors (Lipinski definition) is 1. The number of benzene rings is 3. The molecule has 0 aliphatic rings. The lowest BCUT2D eigenvalue weighted by Gasteiger charge is -2.21. The molecule has 1 amide bonds. The molecular formula is C28H28N2O4S. The zero-order chi connectivity index (χ0) is 24.8. The van der Waals surface area contributed by atoms with Gasteiger partial charge >= 0.3 is 10.1 Å². The summed E-state index contributed by atoms with van der Waals surface area (Å²) in [4.78, 5) is 18.6. The van der Waals surface area contributed by atoms with Crippen LogP contribution in [-0.2, 0) is 10.1 Å². The Hall–Kier alpha value is -3.71. The third kappa shape index (κ3) is 5.52. The molecule has 3 aromatic carbocycles. The van der Waals surface area contributed by atoms with Gasteiger partial charge in [-0.15, -0.1) is 0 Å². The van der Waals surface area contributed by atoms with Crippen LogP contribution >= 0.6 is 0 Å². The number of nitrogens with one attached hydrogen (secondary N) is 1. The minimum atomic E-state index is -3.95. The Morgan fingerprint density at radius 2 is 1.54 bits per heavy atom. The lowest BCUT2D eigenvalue weighted by molar-refractivity contribution is 0.0935. The fraction of sp³-hybridized carbons (Fsp3) is 0.214. The van der Waals surface area contributed by atoms with E-state index in [-0.39, 0.29) is 23.1 Å². The molecule has 1 N–H and O–H groups in total. The van der Waals surface area contributed by atoms with E-state index in [2.05, 4.69) is 5.32 Å². The van der Waals surface area contributed by atoms with Crippen molar-refractivity contribution in [3.8, 4) is 17.0 Å². The van der Waals surface area contributed by atoms with Crippen molar-refractivity contribution < 1.29 is 17.4 Å². The number of carbonyl (C=O) groups is 1. The van der Waals surface area contributed by atoms with Gasteiger partial charge < -0.3 is 9.50 Å². The maximum absolute atomic E-state index is 13.8. The predicted molar refractivity (Wildman–Crippen MR) is 139 cm³/mol. The topological polar surface area (TPSA) is 85.4 Å². The average Bonchev–Trinajstić information content (AvgIpc) is 2.87. The Balaban J connectivity index is 1.93. The van der Waals surface area contributed by atoms with Gasteiger partial charge in [-0.1, -0.05) is 92.7 Å². The largest absolute Gasteiger partial charge is 0.379 e. The van der Waals surface area contributed by atoms with E-state index in [1.54, 1.807) is 25.1 Å². The smallest absolute Gasteiger partial charge is 0.309 e. The Morgan fingerprint density at radius 3 is 2.20 bits per heavy atom. The van der Waals surface area contributed by atoms with Gasteiger partial charge in [0.2, 0.25) is 0 Å². The Morgan fingerprint density at radius 1 is 0.914 bits per heavy atom. The van der Waals surface area contributed by atoms with Crippen LogP contribution in [0.2, 0.25) is 0 Å². The molecule has 6 nitrogen and oxygen atoms in total. The molecule has 180 valence electrons. The summed E-state index contributed by atoms with van der Waals surface area (Å²) in [6.07, 6.45) is 1.05. The molecule has 0 radical (unpaired) electrons. The van der Waals surface area contributed by atoms with E-state index in [9.17, 15) is 13.2 Å². The van der Waals surface area contributed by atoms with Crippen LogP contribution in [0.4, 0.5) is 0 Å². The highest BCUT2D eigenvalue weighted by Crippen LogP contribution is 2.37. The second kappa shape index (κ2) is 10.7. The quantitative estimate of drug-likeness (QED) is 0.296. The number of nitrogens with zero attached hydrogens (tertiary/aromatic N) is 1. The van der Waals surface area contributed by atoms with E-state index in [0.29, 0.717) is 35.0 Å². The average molecular weight is 489 g/mol. The van der Waals surface area contributed by atoms with E-state index in [1.165, 1.54) is 0 Å². The second-order valence-electron chi connectivity index (χ2n) is 8.24. The van der Waals surface area contributed by atoms with E-state index >= 15 is 0 Å². The number of pyridine rings is 1. The van der Waals surface area contributed by atoms with Gasteiger partial charge in [-0.2, -0.15) is 8.42 Å². The van der Waals surface area contributed by atoms with Crippen LogP contribution in [0.1, 0.15) is 48.7 Å². The summed E-state index contributed by atoms with van der Waals surface area (Å²) in [5, 5.41) is 3.61. The number of amides is 1. The van der Waals surface area contributed by atoms with E-state index in [4.69, 9.17) is 9.17 Å². The summed E-state index contributed by atoms with van der Waals surface area (Å²) < 4.78 is 31.3. The molecule has 0 aliphatic heterocycles. The van der Waals surface area contributed by atoms with E-state index in [1.807, 2.05) is 73.7 Å². The fourth-order valence-corrected chi connectivity index (χ4v) is 5.05. The summed E-state index contributed by atoms with van der Waals surface area (Å²) in [6.45, 7) is 3.75. The van der Waals surface area contributed by atoms with Crippen molar-refractivity contribution in [1.82, 2.24) is 10.3 Å². The first-order valence-electron chi connectivity index (χ1n) is 11.7. The molecule has 1 aromatic heterocycles. The van der Waals surface area contributed by atoms with E-state index < -0.39 is 16.0 Å². The van der Waals surface area contributed by atoms with Crippen LogP contribution in [0.25, 0.3) is 22.2 Å². The zero-order valence-electron chi connectivity index (χ0n) is 19.8. The molecule has 4 rings (SSSR count). The Bertz CT molecular complexity index is 1420. The molecular weight excluding hydrogens is 460 g/mol. The first kappa shape index (κ1) is 24.4. The highest BCUT2D eigenvalue weighted by Gasteiger charge is 2.28. The van der Waals surface area contributed by atoms with Crippen molar-refractivity contribution in [3.63, 3.8) is 0 Å². The van der Waals surface area contributed by atoms with Crippen molar-refractivity contribution in [2.75, 3.05) is 5.75 Å². The summed E-state index contributed by atoms with van der Waals surface area (Å²) in [7, 11) is -3.95. The maximum atomic E-state index is 13.8.